The molecular formula is C25H35N5O3S2. The van der Waals surface area contributed by atoms with E-state index >= 15 is 0 Å². The third-order valence-electron chi connectivity index (χ3n) is 6.90. The summed E-state index contributed by atoms with van der Waals surface area (Å²) in [5, 5.41) is 8.73. The molecule has 8 nitrogen and oxygen atoms in total. The number of carbonyl (C=O) groups excluding carboxylic acids is 2. The summed E-state index contributed by atoms with van der Waals surface area (Å²) in [6.07, 6.45) is 8.31. The zero-order valence-electron chi connectivity index (χ0n) is 20.2. The van der Waals surface area contributed by atoms with Crippen LogP contribution in [0, 0.1) is 5.92 Å². The maximum Gasteiger partial charge on any atom is 0.248 e. The van der Waals surface area contributed by atoms with Gasteiger partial charge < -0.3 is 15.0 Å². The molecule has 0 radical (unpaired) electrons. The number of nitrogens with zero attached hydrogens (tertiary/aromatic N) is 3. The van der Waals surface area contributed by atoms with Crippen molar-refractivity contribution in [3.63, 3.8) is 0 Å². The van der Waals surface area contributed by atoms with E-state index in [1.54, 1.807) is 18.2 Å². The van der Waals surface area contributed by atoms with Crippen molar-refractivity contribution in [3.05, 3.63) is 41.4 Å². The Morgan fingerprint density at radius 1 is 1.23 bits per heavy atom. The summed E-state index contributed by atoms with van der Waals surface area (Å²) in [7, 11) is 1.65. The molecule has 0 spiro atoms. The molecule has 1 aliphatic carbocycles. The fourth-order valence-electron chi connectivity index (χ4n) is 4.91. The molecular weight excluding hydrogens is 482 g/mol. The molecule has 2 amide bonds. The lowest BCUT2D eigenvalue weighted by Crippen LogP contribution is -2.60. The zero-order valence-corrected chi connectivity index (χ0v) is 21.9. The van der Waals surface area contributed by atoms with Gasteiger partial charge in [-0.2, -0.15) is 0 Å². The first-order valence-electron chi connectivity index (χ1n) is 12.3. The molecule has 2 atom stereocenters. The highest BCUT2D eigenvalue weighted by Crippen LogP contribution is 2.30. The quantitative estimate of drug-likeness (QED) is 0.330. The Morgan fingerprint density at radius 2 is 2.00 bits per heavy atom. The van der Waals surface area contributed by atoms with Crippen LogP contribution >= 0.6 is 24.0 Å². The molecule has 2 aliphatic rings. The molecule has 190 valence electrons. The first-order chi connectivity index (χ1) is 17.0. The normalized spacial score (nSPS) is 19.4. The van der Waals surface area contributed by atoms with Crippen LogP contribution in [0.15, 0.2) is 35.8 Å². The van der Waals surface area contributed by atoms with E-state index in [-0.39, 0.29) is 23.9 Å². The maximum absolute atomic E-state index is 13.3. The van der Waals surface area contributed by atoms with Gasteiger partial charge in [0.05, 0.1) is 13.7 Å². The van der Waals surface area contributed by atoms with Crippen LogP contribution in [-0.4, -0.2) is 64.9 Å². The number of piperazine rings is 1. The highest BCUT2D eigenvalue weighted by Gasteiger charge is 2.37. The second-order valence-electron chi connectivity index (χ2n) is 9.24. The first-order valence-corrected chi connectivity index (χ1v) is 13.7. The number of rotatable bonds is 10. The lowest BCUT2D eigenvalue weighted by molar-refractivity contribution is -0.144. The third-order valence-corrected chi connectivity index (χ3v) is 8.10. The van der Waals surface area contributed by atoms with E-state index in [1.807, 2.05) is 34.5 Å². The average molecular weight is 518 g/mol. The highest BCUT2D eigenvalue weighted by molar-refractivity contribution is 7.80. The smallest absolute Gasteiger partial charge is 0.248 e. The van der Waals surface area contributed by atoms with Gasteiger partial charge >= 0.3 is 0 Å². The predicted octanol–water partition coefficient (Wildman–Crippen LogP) is 3.58. The van der Waals surface area contributed by atoms with Crippen LogP contribution < -0.4 is 15.4 Å². The van der Waals surface area contributed by atoms with Crippen molar-refractivity contribution >= 4 is 40.9 Å². The number of nitrogens with one attached hydrogen (secondary N) is 2. The molecule has 1 unspecified atom stereocenters. The second-order valence-corrected chi connectivity index (χ2v) is 10.6. The Hall–Kier alpha value is -2.14. The molecule has 1 saturated heterocycles. The van der Waals surface area contributed by atoms with Crippen LogP contribution in [0.1, 0.15) is 44.1 Å². The SMILES string of the molecule is COc1ccc(CNC(S)N2CCN([C@@H](CC3CCCCC3)C(=O)Nc3nccs3)C(=O)C2)cc1. The summed E-state index contributed by atoms with van der Waals surface area (Å²) in [6.45, 7) is 2.02. The zero-order chi connectivity index (χ0) is 24.6. The van der Waals surface area contributed by atoms with Gasteiger partial charge in [-0.1, -0.05) is 44.2 Å². The Balaban J connectivity index is 1.35. The predicted molar refractivity (Wildman–Crippen MR) is 142 cm³/mol. The Morgan fingerprint density at radius 3 is 2.66 bits per heavy atom. The second kappa shape index (κ2) is 12.7. The van der Waals surface area contributed by atoms with E-state index < -0.39 is 6.04 Å². The number of carbonyl (C=O) groups is 2. The molecule has 2 heterocycles. The van der Waals surface area contributed by atoms with Crippen LogP contribution in [-0.2, 0) is 16.1 Å². The Bertz CT molecular complexity index is 951. The number of methoxy groups -OCH3 is 1. The average Bonchev–Trinajstić information content (AvgIpc) is 3.40. The van der Waals surface area contributed by atoms with Crippen molar-refractivity contribution in [1.29, 1.82) is 0 Å². The van der Waals surface area contributed by atoms with Crippen LogP contribution in [0.4, 0.5) is 5.13 Å². The molecule has 10 heteroatoms. The fraction of sp³-hybridized carbons (Fsp3) is 0.560. The fourth-order valence-corrected chi connectivity index (χ4v) is 5.73. The van der Waals surface area contributed by atoms with E-state index in [4.69, 9.17) is 17.4 Å². The van der Waals surface area contributed by atoms with Crippen molar-refractivity contribution in [1.82, 2.24) is 20.1 Å². The minimum absolute atomic E-state index is 0.0309. The first kappa shape index (κ1) is 25.9. The molecule has 1 aromatic heterocycles. The van der Waals surface area contributed by atoms with Gasteiger partial charge in [0.2, 0.25) is 11.8 Å². The summed E-state index contributed by atoms with van der Waals surface area (Å²) in [4.78, 5) is 34.5. The van der Waals surface area contributed by atoms with E-state index in [9.17, 15) is 9.59 Å². The minimum Gasteiger partial charge on any atom is -0.497 e. The molecule has 2 fully saturated rings. The maximum atomic E-state index is 13.3. The number of thiazole rings is 1. The molecule has 4 rings (SSSR count). The summed E-state index contributed by atoms with van der Waals surface area (Å²) < 4.78 is 5.21. The van der Waals surface area contributed by atoms with Crippen LogP contribution in [0.5, 0.6) is 5.75 Å². The van der Waals surface area contributed by atoms with Gasteiger partial charge in [-0.05, 0) is 30.0 Å². The van der Waals surface area contributed by atoms with Gasteiger partial charge in [-0.25, -0.2) is 4.98 Å². The number of thiol groups is 1. The molecule has 2 aromatic rings. The van der Waals surface area contributed by atoms with Crippen LogP contribution in [0.3, 0.4) is 0 Å². The Labute approximate surface area is 216 Å². The van der Waals surface area contributed by atoms with Gasteiger partial charge in [0.15, 0.2) is 5.13 Å². The molecule has 2 N–H and O–H groups in total. The monoisotopic (exact) mass is 517 g/mol. The van der Waals surface area contributed by atoms with E-state index in [2.05, 4.69) is 15.6 Å². The molecule has 0 bridgehead atoms. The number of hydrogen-bond acceptors (Lipinski definition) is 8. The topological polar surface area (TPSA) is 86.8 Å². The largest absolute Gasteiger partial charge is 0.497 e. The molecule has 1 saturated carbocycles. The molecule has 35 heavy (non-hydrogen) atoms. The van der Waals surface area contributed by atoms with Gasteiger partial charge in [0.25, 0.3) is 0 Å². The standard InChI is InChI=1S/C25H35N5O3S2/c1-33-20-9-7-19(8-10-20)16-27-25(34)29-12-13-30(22(31)17-29)21(15-18-5-3-2-4-6-18)23(32)28-24-26-11-14-35-24/h7-11,14,18,21,25,27,34H,2-6,12-13,15-17H2,1H3,(H,26,28,32)/t21-,25?/m0/s1. The number of anilines is 1. The summed E-state index contributed by atoms with van der Waals surface area (Å²) >= 11 is 6.09. The third kappa shape index (κ3) is 7.19. The number of amides is 2. The van der Waals surface area contributed by atoms with Crippen molar-refractivity contribution in [2.24, 2.45) is 5.92 Å². The van der Waals surface area contributed by atoms with Crippen molar-refractivity contribution in [2.45, 2.75) is 56.6 Å². The van der Waals surface area contributed by atoms with E-state index in [1.165, 1.54) is 30.6 Å². The lowest BCUT2D eigenvalue weighted by Gasteiger charge is -2.41. The van der Waals surface area contributed by atoms with Gasteiger partial charge in [0, 0.05) is 31.2 Å². The number of benzene rings is 1. The van der Waals surface area contributed by atoms with Gasteiger partial charge in [0.1, 0.15) is 17.3 Å². The number of aromatic nitrogens is 1. The van der Waals surface area contributed by atoms with Crippen molar-refractivity contribution in [3.8, 4) is 5.75 Å². The van der Waals surface area contributed by atoms with Crippen LogP contribution in [0.2, 0.25) is 0 Å². The highest BCUT2D eigenvalue weighted by atomic mass is 32.1. The lowest BCUT2D eigenvalue weighted by atomic mass is 9.84. The summed E-state index contributed by atoms with van der Waals surface area (Å²) in [5.74, 6) is 1.13. The van der Waals surface area contributed by atoms with E-state index in [0.29, 0.717) is 37.1 Å². The Kier molecular flexibility index (Phi) is 9.42. The minimum atomic E-state index is -0.470. The van der Waals surface area contributed by atoms with Crippen LogP contribution in [0.25, 0.3) is 0 Å². The van der Waals surface area contributed by atoms with Gasteiger partial charge in [-0.3, -0.25) is 19.8 Å². The van der Waals surface area contributed by atoms with E-state index in [0.717, 1.165) is 24.2 Å². The summed E-state index contributed by atoms with van der Waals surface area (Å²) in [6, 6.07) is 7.40. The summed E-state index contributed by atoms with van der Waals surface area (Å²) in [5.41, 5.74) is 0.852. The number of ether oxygens (including phenoxy) is 1. The molecule has 1 aromatic carbocycles. The van der Waals surface area contributed by atoms with Crippen molar-refractivity contribution < 1.29 is 14.3 Å². The molecule has 1 aliphatic heterocycles. The van der Waals surface area contributed by atoms with Crippen molar-refractivity contribution in [2.75, 3.05) is 32.1 Å². The number of hydrogen-bond donors (Lipinski definition) is 3. The van der Waals surface area contributed by atoms with Gasteiger partial charge in [-0.15, -0.1) is 24.0 Å².